The van der Waals surface area contributed by atoms with E-state index in [0.29, 0.717) is 35.7 Å². The second-order valence-corrected chi connectivity index (χ2v) is 5.41. The van der Waals surface area contributed by atoms with Gasteiger partial charge in [0.1, 0.15) is 12.4 Å². The minimum Gasteiger partial charge on any atom is -0.490 e. The quantitative estimate of drug-likeness (QED) is 0.530. The van der Waals surface area contributed by atoms with Crippen molar-refractivity contribution in [1.29, 1.82) is 0 Å². The number of hydrogen-bond donors (Lipinski definition) is 0. The van der Waals surface area contributed by atoms with Gasteiger partial charge in [-0.2, -0.15) is 0 Å². The molecule has 0 atom stereocenters. The van der Waals surface area contributed by atoms with Gasteiger partial charge in [-0.05, 0) is 50.2 Å². The molecule has 26 heavy (non-hydrogen) atoms. The minimum absolute atomic E-state index is 0.195. The maximum Gasteiger partial charge on any atom is 0.340 e. The number of hydrogen-bond acceptors (Lipinski definition) is 4. The Bertz CT molecular complexity index is 768. The van der Waals surface area contributed by atoms with Crippen LogP contribution in [-0.2, 0) is 4.74 Å². The lowest BCUT2D eigenvalue weighted by Crippen LogP contribution is -2.32. The largest absolute Gasteiger partial charge is 0.490 e. The van der Waals surface area contributed by atoms with Gasteiger partial charge in [0, 0.05) is 12.1 Å². The van der Waals surface area contributed by atoms with Gasteiger partial charge in [-0.15, -0.1) is 0 Å². The zero-order valence-electron chi connectivity index (χ0n) is 15.1. The number of benzene rings is 2. The van der Waals surface area contributed by atoms with Crippen molar-refractivity contribution in [3.63, 3.8) is 0 Å². The fourth-order valence-corrected chi connectivity index (χ4v) is 2.52. The van der Waals surface area contributed by atoms with Crippen molar-refractivity contribution >= 4 is 17.6 Å². The van der Waals surface area contributed by atoms with Crippen LogP contribution < -0.4 is 9.64 Å². The average Bonchev–Trinajstić information content (AvgIpc) is 2.68. The van der Waals surface area contributed by atoms with Crippen molar-refractivity contribution < 1.29 is 19.1 Å². The van der Waals surface area contributed by atoms with Gasteiger partial charge in [0.2, 0.25) is 0 Å². The Hall–Kier alpha value is -3.08. The lowest BCUT2D eigenvalue weighted by atomic mass is 10.1. The monoisotopic (exact) mass is 353 g/mol. The Morgan fingerprint density at radius 2 is 1.77 bits per heavy atom. The summed E-state index contributed by atoms with van der Waals surface area (Å²) in [4.78, 5) is 26.7. The van der Waals surface area contributed by atoms with Crippen molar-refractivity contribution in [2.24, 2.45) is 0 Å². The molecule has 2 rings (SSSR count). The molecule has 0 fully saturated rings. The first-order valence-electron chi connectivity index (χ1n) is 8.54. The van der Waals surface area contributed by atoms with E-state index in [4.69, 9.17) is 9.47 Å². The highest BCUT2D eigenvalue weighted by atomic mass is 16.5. The van der Waals surface area contributed by atoms with Gasteiger partial charge in [0.05, 0.1) is 17.9 Å². The van der Waals surface area contributed by atoms with E-state index in [0.717, 1.165) is 0 Å². The van der Waals surface area contributed by atoms with E-state index in [2.05, 4.69) is 6.58 Å². The summed E-state index contributed by atoms with van der Waals surface area (Å²) in [6.07, 6.45) is 1.66. The molecule has 2 aromatic rings. The molecule has 2 aromatic carbocycles. The Balaban J connectivity index is 2.29. The fourth-order valence-electron chi connectivity index (χ4n) is 2.52. The summed E-state index contributed by atoms with van der Waals surface area (Å²) in [6.45, 7) is 8.32. The molecule has 5 nitrogen and oxygen atoms in total. The molecule has 0 aromatic heterocycles. The summed E-state index contributed by atoms with van der Waals surface area (Å²) in [5.41, 5.74) is 1.41. The van der Waals surface area contributed by atoms with E-state index in [-0.39, 0.29) is 12.5 Å². The molecule has 0 saturated heterocycles. The number of carbonyl (C=O) groups is 2. The van der Waals surface area contributed by atoms with Gasteiger partial charge in [-0.25, -0.2) is 4.79 Å². The molecular formula is C21H23NO4. The molecule has 1 amide bonds. The Morgan fingerprint density at radius 3 is 2.38 bits per heavy atom. The number of rotatable bonds is 8. The van der Waals surface area contributed by atoms with Crippen LogP contribution in [-0.4, -0.2) is 31.6 Å². The normalized spacial score (nSPS) is 10.1. The summed E-state index contributed by atoms with van der Waals surface area (Å²) >= 11 is 0. The maximum atomic E-state index is 13.0. The molecule has 0 aliphatic heterocycles. The second-order valence-electron chi connectivity index (χ2n) is 5.41. The van der Waals surface area contributed by atoms with Crippen LogP contribution in [0.5, 0.6) is 5.75 Å². The topological polar surface area (TPSA) is 55.8 Å². The first-order valence-corrected chi connectivity index (χ1v) is 8.54. The van der Waals surface area contributed by atoms with E-state index in [9.17, 15) is 9.59 Å². The molecule has 0 bridgehead atoms. The Labute approximate surface area is 153 Å². The smallest absolute Gasteiger partial charge is 0.340 e. The molecular weight excluding hydrogens is 330 g/mol. The van der Waals surface area contributed by atoms with Gasteiger partial charge < -0.3 is 14.4 Å². The van der Waals surface area contributed by atoms with Crippen LogP contribution in [0, 0.1) is 0 Å². The number of carbonyl (C=O) groups excluding carboxylic acids is 2. The summed E-state index contributed by atoms with van der Waals surface area (Å²) in [5.74, 6) is 0.0264. The lowest BCUT2D eigenvalue weighted by molar-refractivity contribution is 0.0527. The summed E-state index contributed by atoms with van der Waals surface area (Å²) in [5, 5.41) is 0. The molecule has 0 radical (unpaired) electrons. The number of amides is 1. The molecule has 0 saturated carbocycles. The van der Waals surface area contributed by atoms with Gasteiger partial charge in [-0.3, -0.25) is 4.79 Å². The van der Waals surface area contributed by atoms with Crippen LogP contribution in [0.4, 0.5) is 5.69 Å². The third kappa shape index (κ3) is 4.51. The summed E-state index contributed by atoms with van der Waals surface area (Å²) in [6, 6.07) is 13.8. The highest BCUT2D eigenvalue weighted by molar-refractivity contribution is 6.09. The molecule has 0 heterocycles. The summed E-state index contributed by atoms with van der Waals surface area (Å²) in [7, 11) is 0. The second kappa shape index (κ2) is 9.42. The number of para-hydroxylation sites is 1. The standard InChI is InChI=1S/C21H23NO4/c1-4-15-26-17-13-11-16(12-14-17)20(23)22(5-2)19-10-8-7-9-18(19)21(24)25-6-3/h4,7-14H,1,5-6,15H2,2-3H3. The zero-order valence-corrected chi connectivity index (χ0v) is 15.1. The highest BCUT2D eigenvalue weighted by Gasteiger charge is 2.22. The maximum absolute atomic E-state index is 13.0. The molecule has 0 spiro atoms. The van der Waals surface area contributed by atoms with Gasteiger partial charge in [-0.1, -0.05) is 24.8 Å². The Kier molecular flexibility index (Phi) is 6.97. The molecule has 0 N–H and O–H groups in total. The van der Waals surface area contributed by atoms with Crippen LogP contribution in [0.25, 0.3) is 0 Å². The molecule has 5 heteroatoms. The molecule has 0 aliphatic carbocycles. The minimum atomic E-state index is -0.442. The Morgan fingerprint density at radius 1 is 1.08 bits per heavy atom. The number of anilines is 1. The lowest BCUT2D eigenvalue weighted by Gasteiger charge is -2.23. The average molecular weight is 353 g/mol. The summed E-state index contributed by atoms with van der Waals surface area (Å²) < 4.78 is 10.5. The van der Waals surface area contributed by atoms with Crippen LogP contribution in [0.1, 0.15) is 34.6 Å². The van der Waals surface area contributed by atoms with Crippen molar-refractivity contribution in [2.75, 3.05) is 24.7 Å². The predicted octanol–water partition coefficient (Wildman–Crippen LogP) is 4.09. The predicted molar refractivity (Wildman–Crippen MR) is 102 cm³/mol. The van der Waals surface area contributed by atoms with Crippen molar-refractivity contribution in [3.05, 3.63) is 72.3 Å². The highest BCUT2D eigenvalue weighted by Crippen LogP contribution is 2.24. The van der Waals surface area contributed by atoms with Gasteiger partial charge >= 0.3 is 5.97 Å². The van der Waals surface area contributed by atoms with E-state index in [1.807, 2.05) is 6.92 Å². The molecule has 0 unspecified atom stereocenters. The van der Waals surface area contributed by atoms with Crippen molar-refractivity contribution in [1.82, 2.24) is 0 Å². The first kappa shape index (κ1) is 19.2. The zero-order chi connectivity index (χ0) is 18.9. The van der Waals surface area contributed by atoms with E-state index in [1.165, 1.54) is 0 Å². The van der Waals surface area contributed by atoms with Crippen molar-refractivity contribution in [2.45, 2.75) is 13.8 Å². The fraction of sp³-hybridized carbons (Fsp3) is 0.238. The van der Waals surface area contributed by atoms with Crippen LogP contribution >= 0.6 is 0 Å². The third-order valence-corrected chi connectivity index (χ3v) is 3.72. The first-order chi connectivity index (χ1) is 12.6. The number of ether oxygens (including phenoxy) is 2. The van der Waals surface area contributed by atoms with Crippen LogP contribution in [0.15, 0.2) is 61.2 Å². The third-order valence-electron chi connectivity index (χ3n) is 3.72. The van der Waals surface area contributed by atoms with Crippen LogP contribution in [0.2, 0.25) is 0 Å². The molecule has 0 aliphatic rings. The van der Waals surface area contributed by atoms with E-state index in [1.54, 1.807) is 66.4 Å². The van der Waals surface area contributed by atoms with Crippen LogP contribution in [0.3, 0.4) is 0 Å². The SMILES string of the molecule is C=CCOc1ccc(C(=O)N(CC)c2ccccc2C(=O)OCC)cc1. The van der Waals surface area contributed by atoms with Gasteiger partial charge in [0.25, 0.3) is 5.91 Å². The number of nitrogens with zero attached hydrogens (tertiary/aromatic N) is 1. The molecule has 136 valence electrons. The van der Waals surface area contributed by atoms with Gasteiger partial charge in [0.15, 0.2) is 0 Å². The number of esters is 1. The van der Waals surface area contributed by atoms with Crippen molar-refractivity contribution in [3.8, 4) is 5.75 Å². The van der Waals surface area contributed by atoms with E-state index >= 15 is 0 Å². The van der Waals surface area contributed by atoms with E-state index < -0.39 is 5.97 Å².